The van der Waals surface area contributed by atoms with Crippen molar-refractivity contribution in [1.82, 2.24) is 4.72 Å². The molecule has 0 radical (unpaired) electrons. The van der Waals surface area contributed by atoms with Gasteiger partial charge in [-0.05, 0) is 41.0 Å². The van der Waals surface area contributed by atoms with Crippen LogP contribution in [-0.4, -0.2) is 33.2 Å². The Labute approximate surface area is 145 Å². The lowest BCUT2D eigenvalue weighted by Gasteiger charge is -2.31. The molecule has 0 saturated carbocycles. The molecule has 3 atom stereocenters. The first-order chi connectivity index (χ1) is 10.8. The van der Waals surface area contributed by atoms with Gasteiger partial charge in [0, 0.05) is 0 Å². The van der Waals surface area contributed by atoms with Gasteiger partial charge in [0.1, 0.15) is 6.04 Å². The Kier molecular flexibility index (Phi) is 9.49. The van der Waals surface area contributed by atoms with E-state index in [2.05, 4.69) is 4.72 Å². The lowest BCUT2D eigenvalue weighted by Crippen LogP contribution is -2.53. The van der Waals surface area contributed by atoms with Crippen molar-refractivity contribution in [2.24, 2.45) is 5.92 Å². The van der Waals surface area contributed by atoms with E-state index < -0.39 is 45.9 Å². The van der Waals surface area contributed by atoms with Crippen LogP contribution in [0.5, 0.6) is 0 Å². The topological polar surface area (TPSA) is 55.4 Å². The van der Waals surface area contributed by atoms with Crippen molar-refractivity contribution in [3.05, 3.63) is 0 Å². The Balaban J connectivity index is 5.47. The fourth-order valence-corrected chi connectivity index (χ4v) is 2.91. The third kappa shape index (κ3) is 8.46. The molecule has 4 nitrogen and oxygen atoms in total. The summed E-state index contributed by atoms with van der Waals surface area (Å²) in [6, 6.07) is -2.19. The number of alkyl halides is 3. The highest BCUT2D eigenvalue weighted by atomic mass is 32.2. The zero-order valence-corrected chi connectivity index (χ0v) is 16.1. The van der Waals surface area contributed by atoms with Gasteiger partial charge in [-0.2, -0.15) is 13.2 Å². The van der Waals surface area contributed by atoms with Crippen LogP contribution in [0.4, 0.5) is 13.2 Å². The molecular weight excluding hydrogens is 343 g/mol. The van der Waals surface area contributed by atoms with Gasteiger partial charge < -0.3 is 4.74 Å². The van der Waals surface area contributed by atoms with Crippen molar-refractivity contribution < 1.29 is 26.9 Å². The van der Waals surface area contributed by atoms with Crippen molar-refractivity contribution in [3.8, 4) is 0 Å². The standard InChI is InChI=1S/C16H30F3NO3S/c1-7-8-9-10-12(14(21)23-11(2)3)13(16(17,18)19)20-24(22)15(4,5)6/h11-13,20H,7-10H2,1-6H3/t12-,13-,24-/m1/s1. The Hall–Kier alpha value is -0.630. The monoisotopic (exact) mass is 373 g/mol. The van der Waals surface area contributed by atoms with Crippen LogP contribution in [0.1, 0.15) is 67.2 Å². The number of halogens is 3. The molecule has 0 saturated heterocycles. The van der Waals surface area contributed by atoms with Gasteiger partial charge in [0.15, 0.2) is 0 Å². The van der Waals surface area contributed by atoms with Crippen molar-refractivity contribution >= 4 is 17.0 Å². The number of nitrogens with one attached hydrogen (secondary N) is 1. The molecule has 0 aliphatic heterocycles. The van der Waals surface area contributed by atoms with E-state index in [-0.39, 0.29) is 6.42 Å². The maximum atomic E-state index is 13.5. The van der Waals surface area contributed by atoms with Crippen molar-refractivity contribution in [2.45, 2.75) is 90.3 Å². The van der Waals surface area contributed by atoms with Crippen molar-refractivity contribution in [3.63, 3.8) is 0 Å². The first-order valence-electron chi connectivity index (χ1n) is 8.26. The number of hydrogen-bond donors (Lipinski definition) is 1. The van der Waals surface area contributed by atoms with Gasteiger partial charge in [-0.3, -0.25) is 4.79 Å². The second-order valence-corrected chi connectivity index (χ2v) is 9.10. The molecule has 8 heteroatoms. The molecule has 0 amide bonds. The van der Waals surface area contributed by atoms with Gasteiger partial charge in [0.25, 0.3) is 0 Å². The molecule has 0 aromatic rings. The maximum Gasteiger partial charge on any atom is 0.405 e. The van der Waals surface area contributed by atoms with Crippen LogP contribution < -0.4 is 4.72 Å². The summed E-state index contributed by atoms with van der Waals surface area (Å²) in [6.45, 7) is 9.82. The van der Waals surface area contributed by atoms with Crippen LogP contribution in [0.3, 0.4) is 0 Å². The zero-order chi connectivity index (χ0) is 19.1. The number of ether oxygens (including phenoxy) is 1. The van der Waals surface area contributed by atoms with Crippen LogP contribution in [0.25, 0.3) is 0 Å². The van der Waals surface area contributed by atoms with Gasteiger partial charge in [-0.15, -0.1) is 0 Å². The first kappa shape index (κ1) is 23.4. The molecule has 0 aromatic carbocycles. The van der Waals surface area contributed by atoms with Crippen LogP contribution in [0.2, 0.25) is 0 Å². The minimum absolute atomic E-state index is 0.0396. The average Bonchev–Trinajstić information content (AvgIpc) is 2.38. The normalized spacial score (nSPS) is 16.8. The van der Waals surface area contributed by atoms with Crippen LogP contribution >= 0.6 is 0 Å². The molecule has 0 aliphatic carbocycles. The van der Waals surface area contributed by atoms with E-state index in [4.69, 9.17) is 4.74 Å². The van der Waals surface area contributed by atoms with Gasteiger partial charge in [-0.1, -0.05) is 26.2 Å². The minimum Gasteiger partial charge on any atom is -0.463 e. The summed E-state index contributed by atoms with van der Waals surface area (Å²) in [6.07, 6.45) is -3.15. The molecule has 144 valence electrons. The SMILES string of the molecule is CCCCC[C@@H](C(=O)OC(C)C)[C@@H](N[S@](=O)C(C)(C)C)C(F)(F)F. The Morgan fingerprint density at radius 3 is 2.08 bits per heavy atom. The summed E-state index contributed by atoms with van der Waals surface area (Å²) >= 11 is 0. The van der Waals surface area contributed by atoms with Crippen LogP contribution in [-0.2, 0) is 20.5 Å². The summed E-state index contributed by atoms with van der Waals surface area (Å²) in [5, 5.41) is 0. The lowest BCUT2D eigenvalue weighted by atomic mass is 9.93. The maximum absolute atomic E-state index is 13.5. The molecule has 0 aromatic heterocycles. The molecule has 0 heterocycles. The Morgan fingerprint density at radius 2 is 1.71 bits per heavy atom. The van der Waals surface area contributed by atoms with E-state index in [1.54, 1.807) is 34.6 Å². The molecule has 1 N–H and O–H groups in total. The first-order valence-corrected chi connectivity index (χ1v) is 9.41. The zero-order valence-electron chi connectivity index (χ0n) is 15.3. The van der Waals surface area contributed by atoms with E-state index >= 15 is 0 Å². The number of carbonyl (C=O) groups is 1. The lowest BCUT2D eigenvalue weighted by molar-refractivity contribution is -0.181. The molecule has 0 fully saturated rings. The number of esters is 1. The summed E-state index contributed by atoms with van der Waals surface area (Å²) in [5.74, 6) is -2.31. The second kappa shape index (κ2) is 9.75. The predicted octanol–water partition coefficient (Wildman–Crippen LogP) is 4.12. The predicted molar refractivity (Wildman–Crippen MR) is 89.7 cm³/mol. The molecule has 0 aliphatic rings. The molecule has 0 bridgehead atoms. The number of carbonyl (C=O) groups excluding carboxylic acids is 1. The fourth-order valence-electron chi connectivity index (χ4n) is 2.02. The average molecular weight is 373 g/mol. The largest absolute Gasteiger partial charge is 0.463 e. The molecule has 0 spiro atoms. The molecule has 0 rings (SSSR count). The second-order valence-electron chi connectivity index (χ2n) is 7.11. The highest BCUT2D eigenvalue weighted by Crippen LogP contribution is 2.31. The summed E-state index contributed by atoms with van der Waals surface area (Å²) in [7, 11) is -1.95. The van der Waals surface area contributed by atoms with E-state index in [9.17, 15) is 22.2 Å². The van der Waals surface area contributed by atoms with E-state index in [0.717, 1.165) is 12.8 Å². The highest BCUT2D eigenvalue weighted by Gasteiger charge is 2.49. The Morgan fingerprint density at radius 1 is 1.17 bits per heavy atom. The fraction of sp³-hybridized carbons (Fsp3) is 0.938. The summed E-state index contributed by atoms with van der Waals surface area (Å²) in [4.78, 5) is 12.2. The molecule has 24 heavy (non-hydrogen) atoms. The van der Waals surface area contributed by atoms with Crippen molar-refractivity contribution in [2.75, 3.05) is 0 Å². The quantitative estimate of drug-likeness (QED) is 0.489. The van der Waals surface area contributed by atoms with Gasteiger partial charge >= 0.3 is 12.1 Å². The summed E-state index contributed by atoms with van der Waals surface area (Å²) in [5.41, 5.74) is 0. The molecule has 0 unspecified atom stereocenters. The van der Waals surface area contributed by atoms with Crippen LogP contribution in [0, 0.1) is 5.92 Å². The number of rotatable bonds is 9. The van der Waals surface area contributed by atoms with Gasteiger partial charge in [0.05, 0.1) is 27.8 Å². The Bertz CT molecular complexity index is 420. The van der Waals surface area contributed by atoms with E-state index in [1.807, 2.05) is 6.92 Å². The van der Waals surface area contributed by atoms with E-state index in [1.165, 1.54) is 0 Å². The van der Waals surface area contributed by atoms with Crippen molar-refractivity contribution in [1.29, 1.82) is 0 Å². The van der Waals surface area contributed by atoms with Gasteiger partial charge in [-0.25, -0.2) is 8.93 Å². The third-order valence-electron chi connectivity index (χ3n) is 3.32. The molecular formula is C16H30F3NO3S. The smallest absolute Gasteiger partial charge is 0.405 e. The van der Waals surface area contributed by atoms with Crippen LogP contribution in [0.15, 0.2) is 0 Å². The van der Waals surface area contributed by atoms with E-state index in [0.29, 0.717) is 6.42 Å². The number of unbranched alkanes of at least 4 members (excludes halogenated alkanes) is 2. The van der Waals surface area contributed by atoms with Gasteiger partial charge in [0.2, 0.25) is 0 Å². The highest BCUT2D eigenvalue weighted by molar-refractivity contribution is 7.84. The minimum atomic E-state index is -4.70. The third-order valence-corrected chi connectivity index (χ3v) is 4.90. The summed E-state index contributed by atoms with van der Waals surface area (Å²) < 4.78 is 59.0. The number of hydrogen-bond acceptors (Lipinski definition) is 3.